The summed E-state index contributed by atoms with van der Waals surface area (Å²) in [7, 11) is 0. The second kappa shape index (κ2) is 8.80. The molecular formula is C20H21BrN4OS2. The fourth-order valence-electron chi connectivity index (χ4n) is 3.04. The molecule has 28 heavy (non-hydrogen) atoms. The average molecular weight is 477 g/mol. The molecule has 0 spiro atoms. The van der Waals surface area contributed by atoms with Crippen molar-refractivity contribution < 1.29 is 4.79 Å². The van der Waals surface area contributed by atoms with Crippen molar-refractivity contribution in [1.29, 1.82) is 0 Å². The number of aromatic nitrogens is 3. The average Bonchev–Trinajstić information content (AvgIpc) is 3.23. The fourth-order valence-corrected chi connectivity index (χ4v) is 4.84. The summed E-state index contributed by atoms with van der Waals surface area (Å²) >= 11 is 6.64. The van der Waals surface area contributed by atoms with E-state index in [1.165, 1.54) is 16.6 Å². The molecular weight excluding hydrogens is 456 g/mol. The molecule has 0 aliphatic heterocycles. The Morgan fingerprint density at radius 1 is 1.32 bits per heavy atom. The molecule has 4 rings (SSSR count). The van der Waals surface area contributed by atoms with Crippen LogP contribution in [-0.2, 0) is 11.2 Å². The number of benzene rings is 1. The topological polar surface area (TPSA) is 59.8 Å². The zero-order valence-corrected chi connectivity index (χ0v) is 18.7. The van der Waals surface area contributed by atoms with Crippen molar-refractivity contribution in [3.8, 4) is 0 Å². The van der Waals surface area contributed by atoms with Crippen LogP contribution in [0.4, 0.5) is 0 Å². The highest BCUT2D eigenvalue weighted by atomic mass is 79.9. The summed E-state index contributed by atoms with van der Waals surface area (Å²) in [5, 5.41) is 14.8. The number of amides is 1. The lowest BCUT2D eigenvalue weighted by atomic mass is 10.1. The Kier molecular flexibility index (Phi) is 6.18. The van der Waals surface area contributed by atoms with Gasteiger partial charge in [0.05, 0.1) is 11.8 Å². The number of halogens is 1. The highest BCUT2D eigenvalue weighted by Crippen LogP contribution is 2.39. The highest BCUT2D eigenvalue weighted by molar-refractivity contribution is 9.10. The van der Waals surface area contributed by atoms with E-state index in [-0.39, 0.29) is 11.9 Å². The molecule has 0 saturated heterocycles. The lowest BCUT2D eigenvalue weighted by molar-refractivity contribution is -0.119. The van der Waals surface area contributed by atoms with Gasteiger partial charge in [-0.05, 0) is 48.9 Å². The van der Waals surface area contributed by atoms with E-state index in [9.17, 15) is 4.79 Å². The molecule has 2 heterocycles. The number of nitrogens with zero attached hydrogens (tertiary/aromatic N) is 3. The molecule has 0 radical (unpaired) electrons. The third kappa shape index (κ3) is 4.85. The summed E-state index contributed by atoms with van der Waals surface area (Å²) in [4.78, 5) is 13.7. The van der Waals surface area contributed by atoms with Gasteiger partial charge in [0.2, 0.25) is 5.91 Å². The van der Waals surface area contributed by atoms with Gasteiger partial charge in [-0.1, -0.05) is 45.9 Å². The predicted octanol–water partition coefficient (Wildman–Crippen LogP) is 5.00. The number of nitrogens with one attached hydrogen (secondary N) is 1. The van der Waals surface area contributed by atoms with Crippen LogP contribution in [0.25, 0.3) is 0 Å². The van der Waals surface area contributed by atoms with Gasteiger partial charge in [-0.15, -0.1) is 21.5 Å². The first-order chi connectivity index (χ1) is 13.6. The number of carbonyl (C=O) groups excluding carboxylic acids is 1. The van der Waals surface area contributed by atoms with Gasteiger partial charge in [-0.25, -0.2) is 0 Å². The number of rotatable bonds is 8. The summed E-state index contributed by atoms with van der Waals surface area (Å²) < 4.78 is 3.26. The van der Waals surface area contributed by atoms with Gasteiger partial charge >= 0.3 is 0 Å². The van der Waals surface area contributed by atoms with E-state index < -0.39 is 0 Å². The molecule has 1 amide bonds. The summed E-state index contributed by atoms with van der Waals surface area (Å²) in [6, 6.07) is 12.6. The van der Waals surface area contributed by atoms with E-state index in [0.29, 0.717) is 11.8 Å². The third-order valence-electron chi connectivity index (χ3n) is 4.64. The van der Waals surface area contributed by atoms with E-state index in [4.69, 9.17) is 0 Å². The monoisotopic (exact) mass is 476 g/mol. The fraction of sp³-hybridized carbons (Fsp3) is 0.350. The zero-order chi connectivity index (χ0) is 19.5. The van der Waals surface area contributed by atoms with Crippen LogP contribution in [0.5, 0.6) is 0 Å². The SMILES string of the molecule is CC(NC(=O)CSc1nnc(Cc2cccs2)n1C1CC1)c1ccc(Br)cc1. The Morgan fingerprint density at radius 3 is 2.79 bits per heavy atom. The van der Waals surface area contributed by atoms with E-state index in [2.05, 4.69) is 53.5 Å². The molecule has 2 aromatic heterocycles. The third-order valence-corrected chi connectivity index (χ3v) is 6.99. The van der Waals surface area contributed by atoms with Crippen molar-refractivity contribution in [3.63, 3.8) is 0 Å². The van der Waals surface area contributed by atoms with Crippen molar-refractivity contribution in [2.45, 2.75) is 43.4 Å². The normalized spacial score (nSPS) is 14.8. The molecule has 1 aromatic carbocycles. The van der Waals surface area contributed by atoms with Gasteiger partial charge in [-0.3, -0.25) is 4.79 Å². The minimum absolute atomic E-state index is 0.00516. The predicted molar refractivity (Wildman–Crippen MR) is 117 cm³/mol. The Labute approximate surface area is 181 Å². The first-order valence-corrected chi connectivity index (χ1v) is 11.9. The summed E-state index contributed by atoms with van der Waals surface area (Å²) in [5.74, 6) is 1.34. The van der Waals surface area contributed by atoms with Crippen LogP contribution in [0.15, 0.2) is 51.4 Å². The van der Waals surface area contributed by atoms with Crippen LogP contribution in [0.2, 0.25) is 0 Å². The largest absolute Gasteiger partial charge is 0.349 e. The minimum atomic E-state index is -0.0307. The molecule has 3 aromatic rings. The summed E-state index contributed by atoms with van der Waals surface area (Å²) in [6.45, 7) is 2.00. The quantitative estimate of drug-likeness (QED) is 0.464. The lowest BCUT2D eigenvalue weighted by Crippen LogP contribution is -2.28. The Bertz CT molecular complexity index is 936. The van der Waals surface area contributed by atoms with Crippen LogP contribution < -0.4 is 5.32 Å². The Balaban J connectivity index is 1.37. The standard InChI is InChI=1S/C20H21BrN4OS2/c1-13(14-4-6-15(21)7-5-14)22-19(26)12-28-20-24-23-18(25(20)16-8-9-16)11-17-3-2-10-27-17/h2-7,10,13,16H,8-9,11-12H2,1H3,(H,22,26). The smallest absolute Gasteiger partial charge is 0.230 e. The van der Waals surface area contributed by atoms with Gasteiger partial charge in [0.25, 0.3) is 0 Å². The second-order valence-electron chi connectivity index (χ2n) is 6.89. The van der Waals surface area contributed by atoms with Crippen LogP contribution in [-0.4, -0.2) is 26.4 Å². The first-order valence-electron chi connectivity index (χ1n) is 9.24. The molecule has 1 unspecified atom stereocenters. The number of thiophene rings is 1. The second-order valence-corrected chi connectivity index (χ2v) is 9.78. The first kappa shape index (κ1) is 19.7. The molecule has 1 fully saturated rings. The number of hydrogen-bond acceptors (Lipinski definition) is 5. The number of thioether (sulfide) groups is 1. The molecule has 1 atom stereocenters. The Hall–Kier alpha value is -1.64. The van der Waals surface area contributed by atoms with Crippen molar-refractivity contribution >= 4 is 44.9 Å². The molecule has 146 valence electrons. The molecule has 5 nitrogen and oxygen atoms in total. The summed E-state index contributed by atoms with van der Waals surface area (Å²) in [5.41, 5.74) is 1.08. The molecule has 1 aliphatic rings. The lowest BCUT2D eigenvalue weighted by Gasteiger charge is -2.14. The number of hydrogen-bond donors (Lipinski definition) is 1. The van der Waals surface area contributed by atoms with Crippen molar-refractivity contribution in [1.82, 2.24) is 20.1 Å². The van der Waals surface area contributed by atoms with Crippen molar-refractivity contribution in [2.24, 2.45) is 0 Å². The van der Waals surface area contributed by atoms with Crippen LogP contribution >= 0.6 is 39.0 Å². The molecule has 1 saturated carbocycles. The maximum absolute atomic E-state index is 12.4. The van der Waals surface area contributed by atoms with Gasteiger partial charge in [0, 0.05) is 21.8 Å². The van der Waals surface area contributed by atoms with E-state index in [1.807, 2.05) is 31.2 Å². The number of carbonyl (C=O) groups is 1. The van der Waals surface area contributed by atoms with E-state index in [0.717, 1.165) is 40.3 Å². The van der Waals surface area contributed by atoms with E-state index in [1.54, 1.807) is 11.3 Å². The van der Waals surface area contributed by atoms with Gasteiger partial charge in [0.15, 0.2) is 5.16 Å². The van der Waals surface area contributed by atoms with Crippen molar-refractivity contribution in [3.05, 3.63) is 62.5 Å². The van der Waals surface area contributed by atoms with Gasteiger partial charge in [-0.2, -0.15) is 0 Å². The van der Waals surface area contributed by atoms with Crippen LogP contribution in [0.3, 0.4) is 0 Å². The maximum Gasteiger partial charge on any atom is 0.230 e. The van der Waals surface area contributed by atoms with Crippen molar-refractivity contribution in [2.75, 3.05) is 5.75 Å². The molecule has 1 aliphatic carbocycles. The van der Waals surface area contributed by atoms with Crippen LogP contribution in [0.1, 0.15) is 48.1 Å². The minimum Gasteiger partial charge on any atom is -0.349 e. The van der Waals surface area contributed by atoms with E-state index >= 15 is 0 Å². The van der Waals surface area contributed by atoms with Gasteiger partial charge < -0.3 is 9.88 Å². The zero-order valence-electron chi connectivity index (χ0n) is 15.5. The molecule has 1 N–H and O–H groups in total. The molecule has 8 heteroatoms. The Morgan fingerprint density at radius 2 is 2.11 bits per heavy atom. The summed E-state index contributed by atoms with van der Waals surface area (Å²) in [6.07, 6.45) is 3.13. The van der Waals surface area contributed by atoms with Gasteiger partial charge in [0.1, 0.15) is 5.82 Å². The van der Waals surface area contributed by atoms with Crippen LogP contribution in [0, 0.1) is 0 Å². The highest BCUT2D eigenvalue weighted by Gasteiger charge is 2.30. The maximum atomic E-state index is 12.4. The molecule has 0 bridgehead atoms.